The highest BCUT2D eigenvalue weighted by atomic mass is 16.4. The highest BCUT2D eigenvalue weighted by molar-refractivity contribution is 5.89. The summed E-state index contributed by atoms with van der Waals surface area (Å²) >= 11 is 0. The fourth-order valence-corrected chi connectivity index (χ4v) is 1.84. The smallest absolute Gasteiger partial charge is 0.335 e. The fourth-order valence-electron chi connectivity index (χ4n) is 1.84. The van der Waals surface area contributed by atoms with Crippen LogP contribution in [0.2, 0.25) is 0 Å². The molecule has 0 unspecified atom stereocenters. The van der Waals surface area contributed by atoms with Crippen LogP contribution >= 0.6 is 0 Å². The summed E-state index contributed by atoms with van der Waals surface area (Å²) in [7, 11) is 0. The molecule has 0 radical (unpaired) electrons. The minimum absolute atomic E-state index is 0.250. The Kier molecular flexibility index (Phi) is 2.30. The van der Waals surface area contributed by atoms with E-state index in [1.165, 1.54) is 0 Å². The van der Waals surface area contributed by atoms with Crippen molar-refractivity contribution in [2.24, 2.45) is 0 Å². The lowest BCUT2D eigenvalue weighted by atomic mass is 10.2. The Morgan fingerprint density at radius 3 is 2.89 bits per heavy atom. The first kappa shape index (κ1) is 10.5. The third-order valence-corrected chi connectivity index (χ3v) is 2.70. The first-order chi connectivity index (χ1) is 8.75. The standard InChI is InChI=1S/C13H9N3O2/c17-13(18)9-3-5-16-11(6-9)8-15-12(16)10-2-1-4-14-7-10/h1-8H,(H,17,18). The van der Waals surface area contributed by atoms with Crippen molar-refractivity contribution < 1.29 is 9.90 Å². The molecule has 3 aromatic heterocycles. The van der Waals surface area contributed by atoms with Crippen molar-refractivity contribution in [2.45, 2.75) is 0 Å². The summed E-state index contributed by atoms with van der Waals surface area (Å²) in [6.45, 7) is 0. The largest absolute Gasteiger partial charge is 0.478 e. The summed E-state index contributed by atoms with van der Waals surface area (Å²) < 4.78 is 1.84. The van der Waals surface area contributed by atoms with Gasteiger partial charge in [0, 0.05) is 24.2 Å². The van der Waals surface area contributed by atoms with E-state index < -0.39 is 5.97 Å². The van der Waals surface area contributed by atoms with Crippen molar-refractivity contribution in [3.8, 4) is 11.4 Å². The number of imidazole rings is 1. The van der Waals surface area contributed by atoms with Gasteiger partial charge in [0.2, 0.25) is 0 Å². The number of fused-ring (bicyclic) bond motifs is 1. The van der Waals surface area contributed by atoms with Gasteiger partial charge in [-0.2, -0.15) is 0 Å². The maximum absolute atomic E-state index is 10.9. The molecule has 0 spiro atoms. The van der Waals surface area contributed by atoms with Gasteiger partial charge in [0.1, 0.15) is 5.82 Å². The van der Waals surface area contributed by atoms with Crippen LogP contribution < -0.4 is 0 Å². The number of nitrogens with zero attached hydrogens (tertiary/aromatic N) is 3. The van der Waals surface area contributed by atoms with Crippen molar-refractivity contribution >= 4 is 11.5 Å². The van der Waals surface area contributed by atoms with E-state index in [0.717, 1.165) is 16.9 Å². The second kappa shape index (κ2) is 3.96. The van der Waals surface area contributed by atoms with E-state index in [2.05, 4.69) is 9.97 Å². The monoisotopic (exact) mass is 239 g/mol. The van der Waals surface area contributed by atoms with Crippen LogP contribution in [-0.4, -0.2) is 25.4 Å². The molecule has 3 heterocycles. The molecule has 5 heteroatoms. The van der Waals surface area contributed by atoms with Gasteiger partial charge in [-0.1, -0.05) is 0 Å². The highest BCUT2D eigenvalue weighted by Crippen LogP contribution is 2.19. The first-order valence-corrected chi connectivity index (χ1v) is 5.36. The summed E-state index contributed by atoms with van der Waals surface area (Å²) in [5.41, 5.74) is 1.88. The molecule has 0 fully saturated rings. The van der Waals surface area contributed by atoms with E-state index in [9.17, 15) is 4.79 Å². The van der Waals surface area contributed by atoms with Crippen LogP contribution in [0, 0.1) is 0 Å². The topological polar surface area (TPSA) is 67.5 Å². The zero-order valence-electron chi connectivity index (χ0n) is 9.32. The van der Waals surface area contributed by atoms with E-state index >= 15 is 0 Å². The molecule has 0 bridgehead atoms. The van der Waals surface area contributed by atoms with E-state index in [-0.39, 0.29) is 5.56 Å². The Balaban J connectivity index is 2.19. The number of carboxylic acids is 1. The normalized spacial score (nSPS) is 10.7. The zero-order valence-corrected chi connectivity index (χ0v) is 9.32. The van der Waals surface area contributed by atoms with Crippen LogP contribution in [0.4, 0.5) is 0 Å². The highest BCUT2D eigenvalue weighted by Gasteiger charge is 2.09. The lowest BCUT2D eigenvalue weighted by Gasteiger charge is -2.01. The number of aromatic nitrogens is 3. The molecule has 0 amide bonds. The van der Waals surface area contributed by atoms with Crippen LogP contribution in [0.1, 0.15) is 10.4 Å². The molecule has 5 nitrogen and oxygen atoms in total. The van der Waals surface area contributed by atoms with Gasteiger partial charge in [-0.05, 0) is 24.3 Å². The van der Waals surface area contributed by atoms with Crippen molar-refractivity contribution in [3.05, 3.63) is 54.6 Å². The van der Waals surface area contributed by atoms with Crippen molar-refractivity contribution in [3.63, 3.8) is 0 Å². The average molecular weight is 239 g/mol. The van der Waals surface area contributed by atoms with Crippen LogP contribution in [-0.2, 0) is 0 Å². The van der Waals surface area contributed by atoms with Crippen molar-refractivity contribution in [1.29, 1.82) is 0 Å². The summed E-state index contributed by atoms with van der Waals surface area (Å²) in [5, 5.41) is 8.93. The van der Waals surface area contributed by atoms with Gasteiger partial charge in [-0.3, -0.25) is 9.38 Å². The minimum atomic E-state index is -0.943. The molecule has 3 rings (SSSR count). The molecule has 88 valence electrons. The molecule has 3 aromatic rings. The van der Waals surface area contributed by atoms with E-state index in [1.54, 1.807) is 36.9 Å². The quantitative estimate of drug-likeness (QED) is 0.743. The molecule has 0 aliphatic carbocycles. The Bertz CT molecular complexity index is 719. The Hall–Kier alpha value is -2.69. The van der Waals surface area contributed by atoms with Gasteiger partial charge in [0.05, 0.1) is 17.3 Å². The zero-order chi connectivity index (χ0) is 12.5. The van der Waals surface area contributed by atoms with Crippen LogP contribution in [0.3, 0.4) is 0 Å². The molecular weight excluding hydrogens is 230 g/mol. The average Bonchev–Trinajstić information content (AvgIpc) is 2.82. The molecule has 0 saturated heterocycles. The predicted molar refractivity (Wildman–Crippen MR) is 65.4 cm³/mol. The summed E-state index contributed by atoms with van der Waals surface area (Å²) in [6.07, 6.45) is 6.77. The number of hydrogen-bond donors (Lipinski definition) is 1. The lowest BCUT2D eigenvalue weighted by molar-refractivity contribution is 0.0697. The third kappa shape index (κ3) is 1.62. The van der Waals surface area contributed by atoms with Gasteiger partial charge in [-0.15, -0.1) is 0 Å². The van der Waals surface area contributed by atoms with Crippen LogP contribution in [0.25, 0.3) is 16.9 Å². The second-order valence-electron chi connectivity index (χ2n) is 3.84. The molecule has 0 aliphatic heterocycles. The molecule has 0 aromatic carbocycles. The van der Waals surface area contributed by atoms with E-state index in [1.807, 2.05) is 16.5 Å². The molecule has 1 N–H and O–H groups in total. The number of hydrogen-bond acceptors (Lipinski definition) is 3. The molecular formula is C13H9N3O2. The van der Waals surface area contributed by atoms with Crippen molar-refractivity contribution in [1.82, 2.24) is 14.4 Å². The summed E-state index contributed by atoms with van der Waals surface area (Å²) in [5.74, 6) is -0.198. The molecule has 0 atom stereocenters. The van der Waals surface area contributed by atoms with Gasteiger partial charge >= 0.3 is 5.97 Å². The van der Waals surface area contributed by atoms with E-state index in [4.69, 9.17) is 5.11 Å². The van der Waals surface area contributed by atoms with Gasteiger partial charge in [0.25, 0.3) is 0 Å². The number of rotatable bonds is 2. The van der Waals surface area contributed by atoms with Gasteiger partial charge in [0.15, 0.2) is 0 Å². The minimum Gasteiger partial charge on any atom is -0.478 e. The number of carbonyl (C=O) groups is 1. The second-order valence-corrected chi connectivity index (χ2v) is 3.84. The Morgan fingerprint density at radius 2 is 2.17 bits per heavy atom. The summed E-state index contributed by atoms with van der Waals surface area (Å²) in [6, 6.07) is 6.89. The van der Waals surface area contributed by atoms with Crippen LogP contribution in [0.15, 0.2) is 49.1 Å². The molecule has 0 saturated carbocycles. The lowest BCUT2D eigenvalue weighted by Crippen LogP contribution is -1.97. The number of aromatic carboxylic acids is 1. The van der Waals surface area contributed by atoms with Crippen LogP contribution in [0.5, 0.6) is 0 Å². The third-order valence-electron chi connectivity index (χ3n) is 2.70. The molecule has 0 aliphatic rings. The fraction of sp³-hybridized carbons (Fsp3) is 0. The Labute approximate surface area is 102 Å². The first-order valence-electron chi connectivity index (χ1n) is 5.36. The van der Waals surface area contributed by atoms with Gasteiger partial charge < -0.3 is 5.11 Å². The maximum Gasteiger partial charge on any atom is 0.335 e. The SMILES string of the molecule is O=C(O)c1ccn2c(-c3cccnc3)ncc2c1. The Morgan fingerprint density at radius 1 is 1.28 bits per heavy atom. The number of carboxylic acid groups (broad SMARTS) is 1. The van der Waals surface area contributed by atoms with Crippen molar-refractivity contribution in [2.75, 3.05) is 0 Å². The number of pyridine rings is 2. The molecule has 18 heavy (non-hydrogen) atoms. The summed E-state index contributed by atoms with van der Waals surface area (Å²) in [4.78, 5) is 19.2. The van der Waals surface area contributed by atoms with Gasteiger partial charge in [-0.25, -0.2) is 9.78 Å². The predicted octanol–water partition coefficient (Wildman–Crippen LogP) is 2.09. The maximum atomic E-state index is 10.9. The van der Waals surface area contributed by atoms with E-state index in [0.29, 0.717) is 0 Å².